The molecule has 0 saturated heterocycles. The van der Waals surface area contributed by atoms with Gasteiger partial charge in [-0.25, -0.2) is 0 Å². The number of nitrogen functional groups attached to an aromatic ring is 1. The van der Waals surface area contributed by atoms with E-state index >= 15 is 0 Å². The van der Waals surface area contributed by atoms with Crippen LogP contribution in [0.15, 0.2) is 24.3 Å². The minimum Gasteiger partial charge on any atom is -0.481 e. The summed E-state index contributed by atoms with van der Waals surface area (Å²) >= 11 is 0. The van der Waals surface area contributed by atoms with Crippen LogP contribution in [0, 0.1) is 0 Å². The Hall–Kier alpha value is -1.88. The zero-order valence-electron chi connectivity index (χ0n) is 10.9. The van der Waals surface area contributed by atoms with Gasteiger partial charge in [-0.15, -0.1) is 0 Å². The zero-order chi connectivity index (χ0) is 14.1. The van der Waals surface area contributed by atoms with Crippen LogP contribution in [0.2, 0.25) is 0 Å². The topological polar surface area (TPSA) is 92.4 Å². The smallest absolute Gasteiger partial charge is 0.303 e. The van der Waals surface area contributed by atoms with Crippen LogP contribution in [0.3, 0.4) is 0 Å². The molecule has 0 aliphatic heterocycles. The number of anilines is 1. The molecule has 0 bridgehead atoms. The highest BCUT2D eigenvalue weighted by Gasteiger charge is 2.04. The van der Waals surface area contributed by atoms with Crippen LogP contribution in [0.1, 0.15) is 36.0 Å². The van der Waals surface area contributed by atoms with E-state index in [0.717, 1.165) is 19.4 Å². The minimum absolute atomic E-state index is 0.0329. The van der Waals surface area contributed by atoms with Crippen molar-refractivity contribution < 1.29 is 14.7 Å². The summed E-state index contributed by atoms with van der Waals surface area (Å²) < 4.78 is 0. The van der Waals surface area contributed by atoms with Gasteiger partial charge in [-0.3, -0.25) is 9.59 Å². The first-order chi connectivity index (χ1) is 9.09. The van der Waals surface area contributed by atoms with Crippen LogP contribution in [-0.2, 0) is 4.79 Å². The molecule has 1 rings (SSSR count). The standard InChI is InChI=1S/C14H20N2O3/c15-12-7-5-11(6-8-12)13(17)10-16-9-3-1-2-4-14(18)19/h5-8,16H,1-4,9-10,15H2,(H,18,19). The Morgan fingerprint density at radius 1 is 1.11 bits per heavy atom. The van der Waals surface area contributed by atoms with E-state index < -0.39 is 5.97 Å². The Morgan fingerprint density at radius 3 is 2.42 bits per heavy atom. The van der Waals surface area contributed by atoms with E-state index in [1.807, 2.05) is 0 Å². The van der Waals surface area contributed by atoms with Gasteiger partial charge in [0.1, 0.15) is 0 Å². The summed E-state index contributed by atoms with van der Waals surface area (Å²) in [7, 11) is 0. The number of carbonyl (C=O) groups is 2. The average Bonchev–Trinajstić information content (AvgIpc) is 2.38. The fourth-order valence-corrected chi connectivity index (χ4v) is 1.68. The molecule has 5 heteroatoms. The molecule has 0 amide bonds. The number of benzene rings is 1. The fourth-order valence-electron chi connectivity index (χ4n) is 1.68. The number of carboxylic acids is 1. The number of unbranched alkanes of at least 4 members (excludes halogenated alkanes) is 2. The van der Waals surface area contributed by atoms with E-state index in [2.05, 4.69) is 5.32 Å². The monoisotopic (exact) mass is 264 g/mol. The molecule has 1 aromatic rings. The van der Waals surface area contributed by atoms with E-state index in [1.165, 1.54) is 0 Å². The lowest BCUT2D eigenvalue weighted by Gasteiger charge is -2.04. The second-order valence-corrected chi connectivity index (χ2v) is 4.43. The molecule has 0 aliphatic rings. The van der Waals surface area contributed by atoms with Crippen molar-refractivity contribution in [1.82, 2.24) is 5.32 Å². The molecule has 0 aliphatic carbocycles. The SMILES string of the molecule is Nc1ccc(C(=O)CNCCCCCC(=O)O)cc1. The van der Waals surface area contributed by atoms with Crippen LogP contribution in [0.25, 0.3) is 0 Å². The molecular weight excluding hydrogens is 244 g/mol. The fraction of sp³-hybridized carbons (Fsp3) is 0.429. The van der Waals surface area contributed by atoms with Gasteiger partial charge < -0.3 is 16.2 Å². The first-order valence-electron chi connectivity index (χ1n) is 6.41. The number of rotatable bonds is 9. The number of hydrogen-bond acceptors (Lipinski definition) is 4. The molecule has 0 fully saturated rings. The number of nitrogens with two attached hydrogens (primary N) is 1. The van der Waals surface area contributed by atoms with Crippen molar-refractivity contribution in [2.75, 3.05) is 18.8 Å². The summed E-state index contributed by atoms with van der Waals surface area (Å²) in [5, 5.41) is 11.5. The maximum atomic E-state index is 11.8. The molecule has 0 spiro atoms. The molecule has 0 unspecified atom stereocenters. The van der Waals surface area contributed by atoms with Gasteiger partial charge in [-0.05, 0) is 43.7 Å². The summed E-state index contributed by atoms with van der Waals surface area (Å²) in [5.74, 6) is -0.725. The molecule has 5 nitrogen and oxygen atoms in total. The van der Waals surface area contributed by atoms with Crippen molar-refractivity contribution in [3.63, 3.8) is 0 Å². The molecule has 4 N–H and O–H groups in total. The number of carbonyl (C=O) groups excluding carboxylic acids is 1. The van der Waals surface area contributed by atoms with Gasteiger partial charge in [0.15, 0.2) is 5.78 Å². The Balaban J connectivity index is 2.11. The number of carboxylic acid groups (broad SMARTS) is 1. The van der Waals surface area contributed by atoms with Crippen LogP contribution in [-0.4, -0.2) is 29.9 Å². The molecule has 0 saturated carbocycles. The van der Waals surface area contributed by atoms with Crippen molar-refractivity contribution in [2.45, 2.75) is 25.7 Å². The predicted molar refractivity (Wildman–Crippen MR) is 74.2 cm³/mol. The average molecular weight is 264 g/mol. The van der Waals surface area contributed by atoms with Crippen LogP contribution in [0.5, 0.6) is 0 Å². The largest absolute Gasteiger partial charge is 0.481 e. The third-order valence-corrected chi connectivity index (χ3v) is 2.76. The number of Topliss-reactive ketones (excluding diaryl/α,β-unsaturated/α-hetero) is 1. The van der Waals surface area contributed by atoms with Gasteiger partial charge in [0.25, 0.3) is 0 Å². The van der Waals surface area contributed by atoms with E-state index in [9.17, 15) is 9.59 Å². The number of ketones is 1. The summed E-state index contributed by atoms with van der Waals surface area (Å²) in [6, 6.07) is 6.84. The lowest BCUT2D eigenvalue weighted by molar-refractivity contribution is -0.137. The van der Waals surface area contributed by atoms with Crippen LogP contribution >= 0.6 is 0 Å². The molecule has 0 heterocycles. The Bertz CT molecular complexity index is 415. The van der Waals surface area contributed by atoms with Crippen molar-refractivity contribution >= 4 is 17.4 Å². The van der Waals surface area contributed by atoms with Gasteiger partial charge >= 0.3 is 5.97 Å². The highest BCUT2D eigenvalue weighted by Crippen LogP contribution is 2.05. The molecule has 0 atom stereocenters. The number of aliphatic carboxylic acids is 1. The van der Waals surface area contributed by atoms with E-state index in [1.54, 1.807) is 24.3 Å². The van der Waals surface area contributed by atoms with Gasteiger partial charge in [0.05, 0.1) is 6.54 Å². The highest BCUT2D eigenvalue weighted by molar-refractivity contribution is 5.97. The molecule has 19 heavy (non-hydrogen) atoms. The number of nitrogens with one attached hydrogen (secondary N) is 1. The predicted octanol–water partition coefficient (Wildman–Crippen LogP) is 1.69. The second kappa shape index (κ2) is 8.26. The van der Waals surface area contributed by atoms with Crippen LogP contribution in [0.4, 0.5) is 5.69 Å². The van der Waals surface area contributed by atoms with Gasteiger partial charge in [0.2, 0.25) is 0 Å². The van der Waals surface area contributed by atoms with Gasteiger partial charge in [0, 0.05) is 17.7 Å². The lowest BCUT2D eigenvalue weighted by Crippen LogP contribution is -2.24. The Kier molecular flexibility index (Phi) is 6.60. The summed E-state index contributed by atoms with van der Waals surface area (Å²) in [4.78, 5) is 22.0. The van der Waals surface area contributed by atoms with Crippen molar-refractivity contribution in [1.29, 1.82) is 0 Å². The van der Waals surface area contributed by atoms with Crippen LogP contribution < -0.4 is 11.1 Å². The normalized spacial score (nSPS) is 10.3. The zero-order valence-corrected chi connectivity index (χ0v) is 10.9. The quantitative estimate of drug-likeness (QED) is 0.358. The van der Waals surface area contributed by atoms with Crippen molar-refractivity contribution in [3.05, 3.63) is 29.8 Å². The van der Waals surface area contributed by atoms with Crippen molar-refractivity contribution in [3.8, 4) is 0 Å². The molecular formula is C14H20N2O3. The maximum Gasteiger partial charge on any atom is 0.303 e. The minimum atomic E-state index is -0.758. The van der Waals surface area contributed by atoms with E-state index in [4.69, 9.17) is 10.8 Å². The lowest BCUT2D eigenvalue weighted by atomic mass is 10.1. The van der Waals surface area contributed by atoms with E-state index in [-0.39, 0.29) is 12.2 Å². The third kappa shape index (κ3) is 6.57. The molecule has 0 radical (unpaired) electrons. The van der Waals surface area contributed by atoms with Crippen molar-refractivity contribution in [2.24, 2.45) is 0 Å². The molecule has 1 aromatic carbocycles. The number of hydrogen-bond donors (Lipinski definition) is 3. The summed E-state index contributed by atoms with van der Waals surface area (Å²) in [6.07, 6.45) is 2.63. The van der Waals surface area contributed by atoms with Gasteiger partial charge in [-0.1, -0.05) is 6.42 Å². The second-order valence-electron chi connectivity index (χ2n) is 4.43. The first-order valence-corrected chi connectivity index (χ1v) is 6.41. The first kappa shape index (κ1) is 15.2. The highest BCUT2D eigenvalue weighted by atomic mass is 16.4. The molecule has 104 valence electrons. The summed E-state index contributed by atoms with van der Waals surface area (Å²) in [5.41, 5.74) is 6.84. The molecule has 0 aromatic heterocycles. The van der Waals surface area contributed by atoms with Gasteiger partial charge in [-0.2, -0.15) is 0 Å². The third-order valence-electron chi connectivity index (χ3n) is 2.76. The van der Waals surface area contributed by atoms with E-state index in [0.29, 0.717) is 24.2 Å². The summed E-state index contributed by atoms with van der Waals surface area (Å²) in [6.45, 7) is 1.02. The Morgan fingerprint density at radius 2 is 1.79 bits per heavy atom. The maximum absolute atomic E-state index is 11.8. The Labute approximate surface area is 112 Å².